The van der Waals surface area contributed by atoms with E-state index in [1.165, 1.54) is 5.01 Å². The quantitative estimate of drug-likeness (QED) is 0.390. The van der Waals surface area contributed by atoms with E-state index >= 15 is 0 Å². The van der Waals surface area contributed by atoms with Crippen LogP contribution in [0.4, 0.5) is 18.9 Å². The average molecular weight is 498 g/mol. The van der Waals surface area contributed by atoms with Crippen LogP contribution in [0, 0.1) is 5.41 Å². The molecular formula is C23H27ClF3N5O2. The highest BCUT2D eigenvalue weighted by atomic mass is 35.5. The summed E-state index contributed by atoms with van der Waals surface area (Å²) in [5.41, 5.74) is 11.4. The Kier molecular flexibility index (Phi) is 7.74. The molecule has 0 bridgehead atoms. The lowest BCUT2D eigenvalue weighted by atomic mass is 9.95. The van der Waals surface area contributed by atoms with Crippen molar-refractivity contribution >= 4 is 29.0 Å². The minimum atomic E-state index is -4.37. The minimum absolute atomic E-state index is 0.168. The lowest BCUT2D eigenvalue weighted by molar-refractivity contribution is -0.176. The third-order valence-corrected chi connectivity index (χ3v) is 5.25. The molecule has 0 aliphatic carbocycles. The zero-order valence-corrected chi connectivity index (χ0v) is 19.8. The van der Waals surface area contributed by atoms with Crippen LogP contribution in [0.3, 0.4) is 0 Å². The second-order valence-corrected chi connectivity index (χ2v) is 9.26. The summed E-state index contributed by atoms with van der Waals surface area (Å²) in [6, 6.07) is 11.9. The number of nitrogens with one attached hydrogen (secondary N) is 1. The molecule has 0 radical (unpaired) electrons. The van der Waals surface area contributed by atoms with Crippen LogP contribution in [0.25, 0.3) is 0 Å². The lowest BCUT2D eigenvalue weighted by Gasteiger charge is -2.23. The SMILES string of the molecule is CC(C)(C)C(N)=NCc1ccc(Cl)c(N2NC(c3ccc(COCC(F)(F)F)cc3)=NC2O)c1. The summed E-state index contributed by atoms with van der Waals surface area (Å²) in [6.07, 6.45) is -5.60. The van der Waals surface area contributed by atoms with Gasteiger partial charge >= 0.3 is 6.18 Å². The van der Waals surface area contributed by atoms with Crippen LogP contribution in [0.5, 0.6) is 0 Å². The van der Waals surface area contributed by atoms with E-state index in [0.717, 1.165) is 5.56 Å². The maximum atomic E-state index is 12.2. The van der Waals surface area contributed by atoms with Gasteiger partial charge in [-0.15, -0.1) is 0 Å². The van der Waals surface area contributed by atoms with Gasteiger partial charge in [0.05, 0.1) is 29.7 Å². The highest BCUT2D eigenvalue weighted by Gasteiger charge is 2.28. The molecular weight excluding hydrogens is 471 g/mol. The normalized spacial score (nSPS) is 17.1. The minimum Gasteiger partial charge on any atom is -0.387 e. The van der Waals surface area contributed by atoms with E-state index in [0.29, 0.717) is 40.1 Å². The molecule has 0 amide bonds. The molecule has 1 heterocycles. The number of amidine groups is 2. The van der Waals surface area contributed by atoms with Gasteiger partial charge in [0.15, 0.2) is 5.84 Å². The Hall–Kier alpha value is -2.82. The summed E-state index contributed by atoms with van der Waals surface area (Å²) >= 11 is 6.37. The molecule has 11 heteroatoms. The number of halogens is 4. The zero-order valence-electron chi connectivity index (χ0n) is 19.0. The maximum absolute atomic E-state index is 12.2. The fourth-order valence-corrected chi connectivity index (χ4v) is 3.20. The molecule has 184 valence electrons. The molecule has 7 nitrogen and oxygen atoms in total. The number of benzene rings is 2. The van der Waals surface area contributed by atoms with Crippen LogP contribution in [0.15, 0.2) is 52.4 Å². The van der Waals surface area contributed by atoms with Crippen LogP contribution < -0.4 is 16.2 Å². The number of nitrogens with two attached hydrogens (primary N) is 1. The van der Waals surface area contributed by atoms with Crippen molar-refractivity contribution in [3.63, 3.8) is 0 Å². The Balaban J connectivity index is 1.69. The number of nitrogens with zero attached hydrogens (tertiary/aromatic N) is 3. The van der Waals surface area contributed by atoms with E-state index in [1.807, 2.05) is 26.8 Å². The van der Waals surface area contributed by atoms with E-state index in [-0.39, 0.29) is 12.0 Å². The molecule has 1 aliphatic heterocycles. The van der Waals surface area contributed by atoms with Crippen LogP contribution in [-0.4, -0.2) is 35.9 Å². The Labute approximate surface area is 201 Å². The first kappa shape index (κ1) is 25.8. The van der Waals surface area contributed by atoms with E-state index in [9.17, 15) is 18.3 Å². The first-order valence-corrected chi connectivity index (χ1v) is 10.9. The summed E-state index contributed by atoms with van der Waals surface area (Å²) in [6.45, 7) is 4.81. The van der Waals surface area contributed by atoms with Gasteiger partial charge in [0.1, 0.15) is 6.61 Å². The van der Waals surface area contributed by atoms with Crippen LogP contribution in [0.2, 0.25) is 5.02 Å². The van der Waals surface area contributed by atoms with E-state index in [4.69, 9.17) is 17.3 Å². The highest BCUT2D eigenvalue weighted by Crippen LogP contribution is 2.30. The van der Waals surface area contributed by atoms with Gasteiger partial charge < -0.3 is 15.6 Å². The van der Waals surface area contributed by atoms with Crippen molar-refractivity contribution in [3.8, 4) is 0 Å². The van der Waals surface area contributed by atoms with E-state index in [2.05, 4.69) is 20.1 Å². The van der Waals surface area contributed by atoms with Crippen molar-refractivity contribution in [3.05, 3.63) is 64.2 Å². The van der Waals surface area contributed by atoms with Gasteiger partial charge in [-0.1, -0.05) is 62.7 Å². The Morgan fingerprint density at radius 1 is 1.18 bits per heavy atom. The largest absolute Gasteiger partial charge is 0.411 e. The molecule has 3 rings (SSSR count). The Morgan fingerprint density at radius 3 is 2.44 bits per heavy atom. The predicted octanol–water partition coefficient (Wildman–Crippen LogP) is 4.37. The maximum Gasteiger partial charge on any atom is 0.411 e. The molecule has 1 aliphatic rings. The van der Waals surface area contributed by atoms with Crippen molar-refractivity contribution in [2.45, 2.75) is 46.5 Å². The molecule has 0 fully saturated rings. The smallest absolute Gasteiger partial charge is 0.387 e. The zero-order chi connectivity index (χ0) is 25.1. The molecule has 2 aromatic rings. The summed E-state index contributed by atoms with van der Waals surface area (Å²) in [5, 5.41) is 12.3. The topological polar surface area (TPSA) is 95.5 Å². The number of aliphatic imine (C=N–C) groups is 2. The number of aliphatic hydroxyl groups excluding tert-OH is 1. The number of hydrogen-bond acceptors (Lipinski definition) is 6. The Morgan fingerprint density at radius 2 is 1.82 bits per heavy atom. The summed E-state index contributed by atoms with van der Waals surface area (Å²) < 4.78 is 41.3. The van der Waals surface area contributed by atoms with Gasteiger partial charge in [0, 0.05) is 11.0 Å². The van der Waals surface area contributed by atoms with Crippen molar-refractivity contribution in [2.24, 2.45) is 21.1 Å². The van der Waals surface area contributed by atoms with Crippen LogP contribution in [-0.2, 0) is 17.9 Å². The van der Waals surface area contributed by atoms with Crippen molar-refractivity contribution in [2.75, 3.05) is 11.6 Å². The van der Waals surface area contributed by atoms with Crippen LogP contribution >= 0.6 is 11.6 Å². The molecule has 0 saturated carbocycles. The second kappa shape index (κ2) is 10.2. The number of ether oxygens (including phenoxy) is 1. The van der Waals surface area contributed by atoms with Crippen molar-refractivity contribution in [1.29, 1.82) is 0 Å². The van der Waals surface area contributed by atoms with Gasteiger partial charge in [0.2, 0.25) is 6.35 Å². The summed E-state index contributed by atoms with van der Waals surface area (Å²) in [7, 11) is 0. The number of hydrazine groups is 1. The fourth-order valence-electron chi connectivity index (χ4n) is 3.00. The van der Waals surface area contributed by atoms with Crippen molar-refractivity contribution in [1.82, 2.24) is 5.43 Å². The molecule has 0 spiro atoms. The number of rotatable bonds is 7. The lowest BCUT2D eigenvalue weighted by Crippen LogP contribution is -2.41. The number of anilines is 1. The molecule has 1 atom stereocenters. The monoisotopic (exact) mass is 497 g/mol. The van der Waals surface area contributed by atoms with E-state index < -0.39 is 19.1 Å². The second-order valence-electron chi connectivity index (χ2n) is 8.85. The van der Waals surface area contributed by atoms with E-state index in [1.54, 1.807) is 36.4 Å². The molecule has 2 aromatic carbocycles. The van der Waals surface area contributed by atoms with Crippen LogP contribution in [0.1, 0.15) is 37.5 Å². The average Bonchev–Trinajstić information content (AvgIpc) is 3.13. The Bertz CT molecular complexity index is 1070. The van der Waals surface area contributed by atoms with Gasteiger partial charge in [-0.05, 0) is 23.3 Å². The van der Waals surface area contributed by atoms with Gasteiger partial charge in [-0.2, -0.15) is 13.2 Å². The molecule has 0 aromatic heterocycles. The van der Waals surface area contributed by atoms with Crippen molar-refractivity contribution < 1.29 is 23.0 Å². The number of hydrogen-bond donors (Lipinski definition) is 3. The summed E-state index contributed by atoms with van der Waals surface area (Å²) in [4.78, 5) is 8.65. The molecule has 34 heavy (non-hydrogen) atoms. The molecule has 1 unspecified atom stereocenters. The molecule has 4 N–H and O–H groups in total. The first-order valence-electron chi connectivity index (χ1n) is 10.5. The third-order valence-electron chi connectivity index (χ3n) is 4.93. The highest BCUT2D eigenvalue weighted by molar-refractivity contribution is 6.33. The number of alkyl halides is 3. The molecule has 0 saturated heterocycles. The third kappa shape index (κ3) is 6.85. The number of aliphatic hydroxyl groups is 1. The predicted molar refractivity (Wildman–Crippen MR) is 127 cm³/mol. The standard InChI is InChI=1S/C23H27ClF3N5O2/c1-22(2,3)20(28)29-11-15-6-9-17(24)18(10-15)32-21(33)30-19(31-32)16-7-4-14(5-8-16)12-34-13-23(25,26)27/h4-10,21,33H,11-13H2,1-3H3,(H2,28,29)(H,30,31). The van der Waals surface area contributed by atoms with Gasteiger partial charge in [-0.3, -0.25) is 10.4 Å². The fraction of sp³-hybridized carbons (Fsp3) is 0.391. The van der Waals surface area contributed by atoms with Gasteiger partial charge in [-0.25, -0.2) is 10.0 Å². The van der Waals surface area contributed by atoms with Gasteiger partial charge in [0.25, 0.3) is 0 Å². The first-order chi connectivity index (χ1) is 15.8. The summed E-state index contributed by atoms with van der Waals surface area (Å²) in [5.74, 6) is 0.910.